The summed E-state index contributed by atoms with van der Waals surface area (Å²) in [4.78, 5) is 38.1. The summed E-state index contributed by atoms with van der Waals surface area (Å²) in [5.41, 5.74) is 0.925. The fraction of sp³-hybridized carbons (Fsp3) is 0.542. The summed E-state index contributed by atoms with van der Waals surface area (Å²) in [5.74, 6) is 0.451. The highest BCUT2D eigenvalue weighted by atomic mass is 19.1. The van der Waals surface area contributed by atoms with Gasteiger partial charge >= 0.3 is 6.09 Å². The first kappa shape index (κ1) is 26.2. The van der Waals surface area contributed by atoms with Crippen LogP contribution in [-0.4, -0.2) is 61.2 Å². The van der Waals surface area contributed by atoms with Crippen LogP contribution < -0.4 is 15.4 Å². The standard InChI is InChI=1S/C24H34FN3O5/c1-16(2)12-26-21(29)14-28-9-8-18-10-19(6-7-20(18)22(28)30)32-15-17(11-25)13-27-23(31)33-24(3,4)5/h6-7,10-11,16H,8-9,12-15H2,1-5H3,(H,26,29)(H,27,31)/b17-11+. The second-order valence-corrected chi connectivity index (χ2v) is 9.41. The van der Waals surface area contributed by atoms with Crippen LogP contribution >= 0.6 is 0 Å². The predicted molar refractivity (Wildman–Crippen MR) is 123 cm³/mol. The molecule has 0 atom stereocenters. The minimum Gasteiger partial charge on any atom is -0.489 e. The average molecular weight is 464 g/mol. The van der Waals surface area contributed by atoms with Crippen LogP contribution in [0.4, 0.5) is 9.18 Å². The minimum atomic E-state index is -0.645. The Morgan fingerprint density at radius 1 is 1.24 bits per heavy atom. The number of fused-ring (bicyclic) bond motifs is 1. The molecule has 2 rings (SSSR count). The molecule has 0 bridgehead atoms. The van der Waals surface area contributed by atoms with E-state index in [4.69, 9.17) is 9.47 Å². The van der Waals surface area contributed by atoms with Crippen LogP contribution in [-0.2, 0) is 16.0 Å². The zero-order valence-corrected chi connectivity index (χ0v) is 20.0. The predicted octanol–water partition coefficient (Wildman–Crippen LogP) is 3.21. The molecule has 9 heteroatoms. The maximum atomic E-state index is 13.2. The molecule has 0 aromatic heterocycles. The number of hydrogen-bond acceptors (Lipinski definition) is 5. The summed E-state index contributed by atoms with van der Waals surface area (Å²) < 4.78 is 24.0. The van der Waals surface area contributed by atoms with Gasteiger partial charge in [-0.05, 0) is 56.9 Å². The molecule has 1 heterocycles. The summed E-state index contributed by atoms with van der Waals surface area (Å²) in [5, 5.41) is 5.31. The second kappa shape index (κ2) is 11.7. The van der Waals surface area contributed by atoms with Gasteiger partial charge in [0.1, 0.15) is 18.0 Å². The Kier molecular flexibility index (Phi) is 9.25. The monoisotopic (exact) mass is 463 g/mol. The number of nitrogens with one attached hydrogen (secondary N) is 2. The van der Waals surface area contributed by atoms with Crippen molar-refractivity contribution in [2.75, 3.05) is 32.8 Å². The Morgan fingerprint density at radius 2 is 1.97 bits per heavy atom. The van der Waals surface area contributed by atoms with E-state index in [1.807, 2.05) is 13.8 Å². The number of carbonyl (C=O) groups is 3. The van der Waals surface area contributed by atoms with Gasteiger partial charge < -0.3 is 25.0 Å². The molecule has 0 saturated heterocycles. The highest BCUT2D eigenvalue weighted by Gasteiger charge is 2.26. The molecule has 1 aliphatic heterocycles. The fourth-order valence-electron chi connectivity index (χ4n) is 3.10. The summed E-state index contributed by atoms with van der Waals surface area (Å²) in [7, 11) is 0. The van der Waals surface area contributed by atoms with Crippen LogP contribution in [0, 0.1) is 5.92 Å². The van der Waals surface area contributed by atoms with Crippen LogP contribution in [0.5, 0.6) is 5.75 Å². The molecule has 8 nitrogen and oxygen atoms in total. The van der Waals surface area contributed by atoms with Crippen LogP contribution in [0.25, 0.3) is 0 Å². The van der Waals surface area contributed by atoms with E-state index in [2.05, 4.69) is 10.6 Å². The van der Waals surface area contributed by atoms with Crippen molar-refractivity contribution >= 4 is 17.9 Å². The normalized spacial score (nSPS) is 14.1. The number of nitrogens with zero attached hydrogens (tertiary/aromatic N) is 1. The number of hydrogen-bond donors (Lipinski definition) is 2. The van der Waals surface area contributed by atoms with Crippen molar-refractivity contribution < 1.29 is 28.2 Å². The zero-order chi connectivity index (χ0) is 24.6. The van der Waals surface area contributed by atoms with Crippen molar-refractivity contribution in [3.63, 3.8) is 0 Å². The molecule has 1 aromatic rings. The van der Waals surface area contributed by atoms with Crippen LogP contribution in [0.1, 0.15) is 50.5 Å². The third-order valence-corrected chi connectivity index (χ3v) is 4.72. The van der Waals surface area contributed by atoms with Crippen LogP contribution in [0.3, 0.4) is 0 Å². The fourth-order valence-corrected chi connectivity index (χ4v) is 3.10. The Hall–Kier alpha value is -3.10. The summed E-state index contributed by atoms with van der Waals surface area (Å²) >= 11 is 0. The number of halogens is 1. The van der Waals surface area contributed by atoms with Gasteiger partial charge in [0.15, 0.2) is 0 Å². The van der Waals surface area contributed by atoms with Gasteiger partial charge in [-0.2, -0.15) is 0 Å². The molecule has 1 aromatic carbocycles. The largest absolute Gasteiger partial charge is 0.489 e. The molecule has 0 saturated carbocycles. The van der Waals surface area contributed by atoms with Crippen molar-refractivity contribution in [1.29, 1.82) is 0 Å². The number of benzene rings is 1. The third kappa shape index (κ3) is 8.75. The maximum Gasteiger partial charge on any atom is 0.407 e. The molecule has 3 amide bonds. The first-order valence-corrected chi connectivity index (χ1v) is 11.0. The summed E-state index contributed by atoms with van der Waals surface area (Å²) in [6.45, 7) is 10.1. The molecule has 0 aliphatic carbocycles. The van der Waals surface area contributed by atoms with E-state index in [0.29, 0.717) is 43.1 Å². The van der Waals surface area contributed by atoms with Gasteiger partial charge in [0.2, 0.25) is 5.91 Å². The molecule has 0 unspecified atom stereocenters. The highest BCUT2D eigenvalue weighted by molar-refractivity contribution is 5.98. The molecule has 182 valence electrons. The number of carbonyl (C=O) groups excluding carboxylic acids is 3. The number of alkyl carbamates (subject to hydrolysis) is 1. The molecule has 0 radical (unpaired) electrons. The van der Waals surface area contributed by atoms with Crippen molar-refractivity contribution in [1.82, 2.24) is 15.5 Å². The third-order valence-electron chi connectivity index (χ3n) is 4.72. The minimum absolute atomic E-state index is 0.0263. The lowest BCUT2D eigenvalue weighted by Crippen LogP contribution is -2.44. The average Bonchev–Trinajstić information content (AvgIpc) is 2.73. The highest BCUT2D eigenvalue weighted by Crippen LogP contribution is 2.24. The van der Waals surface area contributed by atoms with E-state index in [0.717, 1.165) is 5.56 Å². The number of ether oxygens (including phenoxy) is 2. The van der Waals surface area contributed by atoms with E-state index >= 15 is 0 Å². The van der Waals surface area contributed by atoms with Crippen molar-refractivity contribution in [2.45, 2.75) is 46.6 Å². The van der Waals surface area contributed by atoms with E-state index in [-0.39, 0.29) is 37.1 Å². The Morgan fingerprint density at radius 3 is 2.61 bits per heavy atom. The maximum absolute atomic E-state index is 13.2. The first-order chi connectivity index (χ1) is 15.5. The zero-order valence-electron chi connectivity index (χ0n) is 20.0. The lowest BCUT2D eigenvalue weighted by Gasteiger charge is -2.28. The molecule has 0 spiro atoms. The van der Waals surface area contributed by atoms with Gasteiger partial charge in [0.05, 0.1) is 12.9 Å². The Labute approximate surface area is 194 Å². The van der Waals surface area contributed by atoms with Gasteiger partial charge in [-0.25, -0.2) is 9.18 Å². The molecular formula is C24H34FN3O5. The molecule has 0 fully saturated rings. The number of amides is 3. The molecule has 2 N–H and O–H groups in total. The Balaban J connectivity index is 1.89. The SMILES string of the molecule is CC(C)CNC(=O)CN1CCc2cc(OC/C(=C/F)CNC(=O)OC(C)(C)C)ccc2C1=O. The quantitative estimate of drug-likeness (QED) is 0.586. The van der Waals surface area contributed by atoms with E-state index < -0.39 is 11.7 Å². The molecular weight excluding hydrogens is 429 g/mol. The van der Waals surface area contributed by atoms with Crippen molar-refractivity contribution in [3.05, 3.63) is 41.2 Å². The van der Waals surface area contributed by atoms with Crippen LogP contribution in [0.15, 0.2) is 30.1 Å². The van der Waals surface area contributed by atoms with Crippen molar-refractivity contribution in [2.24, 2.45) is 5.92 Å². The topological polar surface area (TPSA) is 97.0 Å². The van der Waals surface area contributed by atoms with E-state index in [1.54, 1.807) is 39.0 Å². The summed E-state index contributed by atoms with van der Waals surface area (Å²) in [6.07, 6.45) is 0.333. The van der Waals surface area contributed by atoms with Gasteiger partial charge in [-0.1, -0.05) is 13.8 Å². The summed E-state index contributed by atoms with van der Waals surface area (Å²) in [6, 6.07) is 5.04. The van der Waals surface area contributed by atoms with Crippen LogP contribution in [0.2, 0.25) is 0 Å². The van der Waals surface area contributed by atoms with Gasteiger partial charge in [-0.15, -0.1) is 0 Å². The first-order valence-electron chi connectivity index (χ1n) is 11.0. The van der Waals surface area contributed by atoms with E-state index in [1.165, 1.54) is 4.90 Å². The molecule has 1 aliphatic rings. The number of rotatable bonds is 9. The smallest absolute Gasteiger partial charge is 0.407 e. The van der Waals surface area contributed by atoms with Gasteiger partial charge in [0, 0.05) is 30.8 Å². The van der Waals surface area contributed by atoms with E-state index in [9.17, 15) is 18.8 Å². The second-order valence-electron chi connectivity index (χ2n) is 9.41. The lowest BCUT2D eigenvalue weighted by molar-refractivity contribution is -0.122. The Bertz CT molecular complexity index is 893. The lowest BCUT2D eigenvalue weighted by atomic mass is 9.98. The molecule has 33 heavy (non-hydrogen) atoms. The van der Waals surface area contributed by atoms with Gasteiger partial charge in [-0.3, -0.25) is 9.59 Å². The van der Waals surface area contributed by atoms with Crippen molar-refractivity contribution in [3.8, 4) is 5.75 Å². The van der Waals surface area contributed by atoms with Gasteiger partial charge in [0.25, 0.3) is 5.91 Å².